The molecule has 1 N–H and O–H groups in total. The molecule has 25 heavy (non-hydrogen) atoms. The van der Waals surface area contributed by atoms with E-state index in [9.17, 15) is 9.59 Å². The quantitative estimate of drug-likeness (QED) is 0.876. The van der Waals surface area contributed by atoms with Gasteiger partial charge in [-0.15, -0.1) is 0 Å². The van der Waals surface area contributed by atoms with Crippen LogP contribution in [0.15, 0.2) is 24.5 Å². The molecule has 2 saturated heterocycles. The average molecular weight is 343 g/mol. The molecule has 4 rings (SSSR count). The predicted molar refractivity (Wildman–Crippen MR) is 91.8 cm³/mol. The number of likely N-dealkylation sites (tertiary alicyclic amines) is 1. The summed E-state index contributed by atoms with van der Waals surface area (Å²) < 4.78 is 5.74. The number of pyridine rings is 1. The Morgan fingerprint density at radius 3 is 2.92 bits per heavy atom. The number of rotatable bonds is 5. The topological polar surface area (TPSA) is 71.5 Å². The first-order valence-electron chi connectivity index (χ1n) is 9.24. The molecule has 3 aliphatic rings. The highest BCUT2D eigenvalue weighted by Crippen LogP contribution is 2.36. The number of fused-ring (bicyclic) bond motifs is 1. The second-order valence-corrected chi connectivity index (χ2v) is 7.62. The van der Waals surface area contributed by atoms with Crippen LogP contribution in [0.5, 0.6) is 0 Å². The molecular weight excluding hydrogens is 318 g/mol. The molecule has 2 amide bonds. The summed E-state index contributed by atoms with van der Waals surface area (Å²) in [7, 11) is 0. The van der Waals surface area contributed by atoms with E-state index in [2.05, 4.69) is 10.3 Å². The van der Waals surface area contributed by atoms with Crippen molar-refractivity contribution >= 4 is 11.8 Å². The highest BCUT2D eigenvalue weighted by molar-refractivity contribution is 5.94. The molecule has 0 unspecified atom stereocenters. The standard InChI is InChI=1S/C19H25N3O3/c23-18(21-7-13-3-4-13)6-15-11-25-12-16-9-22(10-17(15)16)19(24)14-2-1-5-20-8-14/h1-2,5,8,13,15-17H,3-4,6-7,9-12H2,(H,21,23)/t15-,16-,17+/m1/s1. The molecule has 3 fully saturated rings. The third-order valence-electron chi connectivity index (χ3n) is 5.69. The molecule has 3 atom stereocenters. The van der Waals surface area contributed by atoms with Gasteiger partial charge >= 0.3 is 0 Å². The molecule has 0 radical (unpaired) electrons. The first-order valence-corrected chi connectivity index (χ1v) is 9.24. The van der Waals surface area contributed by atoms with Gasteiger partial charge in [0.2, 0.25) is 5.91 Å². The van der Waals surface area contributed by atoms with Crippen LogP contribution >= 0.6 is 0 Å². The molecule has 1 aliphatic carbocycles. The Morgan fingerprint density at radius 1 is 1.28 bits per heavy atom. The summed E-state index contributed by atoms with van der Waals surface area (Å²) in [5, 5.41) is 3.05. The summed E-state index contributed by atoms with van der Waals surface area (Å²) in [6.07, 6.45) is 6.27. The van der Waals surface area contributed by atoms with Crippen LogP contribution in [-0.2, 0) is 9.53 Å². The molecule has 1 saturated carbocycles. The maximum atomic E-state index is 12.7. The van der Waals surface area contributed by atoms with Crippen LogP contribution in [0.1, 0.15) is 29.6 Å². The zero-order valence-electron chi connectivity index (χ0n) is 14.4. The van der Waals surface area contributed by atoms with Gasteiger partial charge in [0.25, 0.3) is 5.91 Å². The summed E-state index contributed by atoms with van der Waals surface area (Å²) in [5.41, 5.74) is 0.626. The van der Waals surface area contributed by atoms with Crippen molar-refractivity contribution in [1.82, 2.24) is 15.2 Å². The highest BCUT2D eigenvalue weighted by Gasteiger charge is 2.43. The van der Waals surface area contributed by atoms with Crippen molar-refractivity contribution in [3.8, 4) is 0 Å². The van der Waals surface area contributed by atoms with E-state index >= 15 is 0 Å². The number of carbonyl (C=O) groups is 2. The van der Waals surface area contributed by atoms with Gasteiger partial charge in [-0.1, -0.05) is 0 Å². The first-order chi connectivity index (χ1) is 12.2. The Hall–Kier alpha value is -1.95. The van der Waals surface area contributed by atoms with Crippen LogP contribution in [0.4, 0.5) is 0 Å². The molecule has 6 heteroatoms. The van der Waals surface area contributed by atoms with Crippen molar-refractivity contribution in [2.45, 2.75) is 19.3 Å². The second kappa shape index (κ2) is 7.12. The van der Waals surface area contributed by atoms with Gasteiger partial charge in [0, 0.05) is 44.4 Å². The van der Waals surface area contributed by atoms with Gasteiger partial charge in [0.15, 0.2) is 0 Å². The normalized spacial score (nSPS) is 28.5. The maximum Gasteiger partial charge on any atom is 0.255 e. The van der Waals surface area contributed by atoms with Gasteiger partial charge in [-0.05, 0) is 42.7 Å². The third-order valence-corrected chi connectivity index (χ3v) is 5.69. The van der Waals surface area contributed by atoms with E-state index in [0.717, 1.165) is 6.54 Å². The van der Waals surface area contributed by atoms with Crippen LogP contribution < -0.4 is 5.32 Å². The lowest BCUT2D eigenvalue weighted by Crippen LogP contribution is -2.38. The predicted octanol–water partition coefficient (Wildman–Crippen LogP) is 1.33. The average Bonchev–Trinajstić information content (AvgIpc) is 3.37. The summed E-state index contributed by atoms with van der Waals surface area (Å²) >= 11 is 0. The van der Waals surface area contributed by atoms with E-state index in [1.165, 1.54) is 12.8 Å². The van der Waals surface area contributed by atoms with Gasteiger partial charge in [-0.2, -0.15) is 0 Å². The maximum absolute atomic E-state index is 12.7. The lowest BCUT2D eigenvalue weighted by atomic mass is 9.81. The van der Waals surface area contributed by atoms with E-state index in [1.54, 1.807) is 24.5 Å². The van der Waals surface area contributed by atoms with Crippen LogP contribution in [-0.4, -0.2) is 54.5 Å². The Balaban J connectivity index is 1.36. The van der Waals surface area contributed by atoms with E-state index in [1.807, 2.05) is 4.90 Å². The Morgan fingerprint density at radius 2 is 2.16 bits per heavy atom. The Bertz CT molecular complexity index is 632. The molecular formula is C19H25N3O3. The van der Waals surface area contributed by atoms with Crippen LogP contribution in [0.25, 0.3) is 0 Å². The third kappa shape index (κ3) is 3.84. The van der Waals surface area contributed by atoms with Crippen LogP contribution in [0.3, 0.4) is 0 Å². The van der Waals surface area contributed by atoms with Crippen molar-refractivity contribution in [2.75, 3.05) is 32.8 Å². The fourth-order valence-corrected chi connectivity index (χ4v) is 4.04. The number of nitrogens with one attached hydrogen (secondary N) is 1. The zero-order chi connectivity index (χ0) is 17.2. The minimum Gasteiger partial charge on any atom is -0.381 e. The fourth-order valence-electron chi connectivity index (χ4n) is 4.04. The van der Waals surface area contributed by atoms with Crippen LogP contribution in [0.2, 0.25) is 0 Å². The largest absolute Gasteiger partial charge is 0.381 e. The Kier molecular flexibility index (Phi) is 4.70. The van der Waals surface area contributed by atoms with Crippen molar-refractivity contribution < 1.29 is 14.3 Å². The number of carbonyl (C=O) groups excluding carboxylic acids is 2. The summed E-state index contributed by atoms with van der Waals surface area (Å²) in [4.78, 5) is 30.8. The number of aromatic nitrogens is 1. The second-order valence-electron chi connectivity index (χ2n) is 7.62. The molecule has 1 aromatic rings. The highest BCUT2D eigenvalue weighted by atomic mass is 16.5. The SMILES string of the molecule is O=C(C[C@@H]1COC[C@H]2CN(C(=O)c3cccnc3)C[C@@H]12)NCC1CC1. The molecule has 2 aliphatic heterocycles. The summed E-state index contributed by atoms with van der Waals surface area (Å²) in [6, 6.07) is 3.59. The number of ether oxygens (including phenoxy) is 1. The molecule has 6 nitrogen and oxygen atoms in total. The smallest absolute Gasteiger partial charge is 0.255 e. The summed E-state index contributed by atoms with van der Waals surface area (Å²) in [6.45, 7) is 3.53. The molecule has 0 spiro atoms. The number of amides is 2. The van der Waals surface area contributed by atoms with Crippen LogP contribution in [0, 0.1) is 23.7 Å². The first kappa shape index (κ1) is 16.5. The van der Waals surface area contributed by atoms with E-state index in [-0.39, 0.29) is 17.7 Å². The monoisotopic (exact) mass is 343 g/mol. The minimum atomic E-state index is 0.0273. The van der Waals surface area contributed by atoms with Crippen molar-refractivity contribution in [1.29, 1.82) is 0 Å². The number of hydrogen-bond acceptors (Lipinski definition) is 4. The number of hydrogen-bond donors (Lipinski definition) is 1. The lowest BCUT2D eigenvalue weighted by Gasteiger charge is -2.32. The molecule has 1 aromatic heterocycles. The van der Waals surface area contributed by atoms with Crippen molar-refractivity contribution in [3.05, 3.63) is 30.1 Å². The fraction of sp³-hybridized carbons (Fsp3) is 0.632. The van der Waals surface area contributed by atoms with Gasteiger partial charge in [-0.3, -0.25) is 14.6 Å². The minimum absolute atomic E-state index is 0.0273. The van der Waals surface area contributed by atoms with E-state index in [0.29, 0.717) is 56.0 Å². The van der Waals surface area contributed by atoms with Gasteiger partial charge < -0.3 is 15.0 Å². The van der Waals surface area contributed by atoms with Gasteiger partial charge in [-0.25, -0.2) is 0 Å². The Labute approximate surface area is 147 Å². The van der Waals surface area contributed by atoms with E-state index in [4.69, 9.17) is 4.74 Å². The molecule has 134 valence electrons. The summed E-state index contributed by atoms with van der Waals surface area (Å²) in [5.74, 6) is 1.72. The lowest BCUT2D eigenvalue weighted by molar-refractivity contribution is -0.124. The number of nitrogens with zero attached hydrogens (tertiary/aromatic N) is 2. The zero-order valence-corrected chi connectivity index (χ0v) is 14.4. The molecule has 3 heterocycles. The van der Waals surface area contributed by atoms with Crippen molar-refractivity contribution in [3.63, 3.8) is 0 Å². The van der Waals surface area contributed by atoms with Crippen molar-refractivity contribution in [2.24, 2.45) is 23.7 Å². The molecule has 0 aromatic carbocycles. The van der Waals surface area contributed by atoms with Gasteiger partial charge in [0.05, 0.1) is 18.8 Å². The molecule has 0 bridgehead atoms. The van der Waals surface area contributed by atoms with Gasteiger partial charge in [0.1, 0.15) is 0 Å². The van der Waals surface area contributed by atoms with E-state index < -0.39 is 0 Å².